The van der Waals surface area contributed by atoms with Crippen molar-refractivity contribution in [3.8, 4) is 16.9 Å². The van der Waals surface area contributed by atoms with Crippen LogP contribution in [0.4, 0.5) is 0 Å². The fourth-order valence-electron chi connectivity index (χ4n) is 1.48. The Morgan fingerprint density at radius 2 is 1.35 bits per heavy atom. The molecule has 0 saturated carbocycles. The first kappa shape index (κ1) is 12.8. The van der Waals surface area contributed by atoms with Crippen LogP contribution < -0.4 is 0 Å². The molecule has 2 aromatic carbocycles. The van der Waals surface area contributed by atoms with E-state index >= 15 is 0 Å². The van der Waals surface area contributed by atoms with Gasteiger partial charge in [0.25, 0.3) is 0 Å². The van der Waals surface area contributed by atoms with E-state index in [2.05, 4.69) is 0 Å². The van der Waals surface area contributed by atoms with Crippen molar-refractivity contribution in [3.05, 3.63) is 50.4 Å². The van der Waals surface area contributed by atoms with Crippen LogP contribution in [0.1, 0.15) is 0 Å². The number of halogens is 4. The smallest absolute Gasteiger partial charge is 0.142 e. The Balaban J connectivity index is 2.72. The van der Waals surface area contributed by atoms with E-state index in [0.29, 0.717) is 26.2 Å². The third-order valence-corrected chi connectivity index (χ3v) is 3.32. The molecule has 0 saturated heterocycles. The molecule has 0 aromatic heterocycles. The van der Waals surface area contributed by atoms with Crippen LogP contribution >= 0.6 is 46.4 Å². The number of phenols is 1. The topological polar surface area (TPSA) is 20.2 Å². The first-order valence-electron chi connectivity index (χ1n) is 4.62. The molecule has 2 aromatic rings. The number of rotatable bonds is 1. The fourth-order valence-corrected chi connectivity index (χ4v) is 2.36. The molecular weight excluding hydrogens is 302 g/mol. The van der Waals surface area contributed by atoms with Gasteiger partial charge in [-0.05, 0) is 30.3 Å². The highest BCUT2D eigenvalue weighted by atomic mass is 35.5. The van der Waals surface area contributed by atoms with E-state index in [4.69, 9.17) is 46.4 Å². The first-order chi connectivity index (χ1) is 7.99. The van der Waals surface area contributed by atoms with Gasteiger partial charge < -0.3 is 5.11 Å². The van der Waals surface area contributed by atoms with Crippen molar-refractivity contribution >= 4 is 46.4 Å². The third kappa shape index (κ3) is 2.63. The van der Waals surface area contributed by atoms with Crippen LogP contribution in [0.3, 0.4) is 0 Å². The van der Waals surface area contributed by atoms with Gasteiger partial charge in [0.2, 0.25) is 0 Å². The lowest BCUT2D eigenvalue weighted by Gasteiger charge is -2.09. The maximum absolute atomic E-state index is 9.90. The van der Waals surface area contributed by atoms with Gasteiger partial charge in [0.05, 0.1) is 5.02 Å². The number of hydrogen-bond donors (Lipinski definition) is 1. The average Bonchev–Trinajstić information content (AvgIpc) is 2.27. The summed E-state index contributed by atoms with van der Waals surface area (Å²) in [5.74, 6) is -0.0692. The molecule has 0 aliphatic carbocycles. The average molecular weight is 308 g/mol. The van der Waals surface area contributed by atoms with Crippen molar-refractivity contribution in [2.75, 3.05) is 0 Å². The molecular formula is C12H6Cl4O. The molecule has 1 nitrogen and oxygen atoms in total. The van der Waals surface area contributed by atoms with Gasteiger partial charge >= 0.3 is 0 Å². The molecule has 2 rings (SSSR count). The molecule has 0 aliphatic heterocycles. The molecule has 17 heavy (non-hydrogen) atoms. The molecule has 0 fully saturated rings. The van der Waals surface area contributed by atoms with Crippen LogP contribution in [-0.4, -0.2) is 5.11 Å². The summed E-state index contributed by atoms with van der Waals surface area (Å²) in [4.78, 5) is 0. The van der Waals surface area contributed by atoms with E-state index in [0.717, 1.165) is 0 Å². The van der Waals surface area contributed by atoms with Crippen molar-refractivity contribution in [1.29, 1.82) is 0 Å². The van der Waals surface area contributed by atoms with E-state index in [9.17, 15) is 5.11 Å². The Bertz CT molecular complexity index is 581. The number of hydrogen-bond acceptors (Lipinski definition) is 1. The highest BCUT2D eigenvalue weighted by Gasteiger charge is 2.13. The van der Waals surface area contributed by atoms with Crippen molar-refractivity contribution in [2.45, 2.75) is 0 Å². The predicted molar refractivity (Wildman–Crippen MR) is 73.6 cm³/mol. The zero-order chi connectivity index (χ0) is 12.6. The molecule has 5 heteroatoms. The quantitative estimate of drug-likeness (QED) is 0.719. The Labute approximate surface area is 118 Å². The van der Waals surface area contributed by atoms with E-state index in [1.807, 2.05) is 0 Å². The summed E-state index contributed by atoms with van der Waals surface area (Å²) in [6.45, 7) is 0. The van der Waals surface area contributed by atoms with Crippen LogP contribution in [-0.2, 0) is 0 Å². The summed E-state index contributed by atoms with van der Waals surface area (Å²) in [5, 5.41) is 11.5. The lowest BCUT2D eigenvalue weighted by Crippen LogP contribution is -1.83. The van der Waals surface area contributed by atoms with Crippen molar-refractivity contribution < 1.29 is 5.11 Å². The second-order valence-electron chi connectivity index (χ2n) is 3.41. The maximum atomic E-state index is 9.90. The standard InChI is InChI=1S/C12H6Cl4O/c13-6-1-2-10(15)8(3-6)9-4-7(14)5-11(16)12(9)17/h1-5,17H. The molecule has 0 amide bonds. The summed E-state index contributed by atoms with van der Waals surface area (Å²) in [7, 11) is 0. The maximum Gasteiger partial charge on any atom is 0.142 e. The van der Waals surface area contributed by atoms with Crippen molar-refractivity contribution in [3.63, 3.8) is 0 Å². The number of benzene rings is 2. The van der Waals surface area contributed by atoms with Crippen LogP contribution in [0.25, 0.3) is 11.1 Å². The molecule has 1 N–H and O–H groups in total. The molecule has 0 spiro atoms. The largest absolute Gasteiger partial charge is 0.506 e. The molecule has 0 bridgehead atoms. The van der Waals surface area contributed by atoms with Gasteiger partial charge in [0, 0.05) is 26.2 Å². The van der Waals surface area contributed by atoms with Crippen LogP contribution in [0.15, 0.2) is 30.3 Å². The Hall–Kier alpha value is -0.600. The van der Waals surface area contributed by atoms with E-state index in [1.54, 1.807) is 24.3 Å². The number of aromatic hydroxyl groups is 1. The monoisotopic (exact) mass is 306 g/mol. The summed E-state index contributed by atoms with van der Waals surface area (Å²) in [6.07, 6.45) is 0. The first-order valence-corrected chi connectivity index (χ1v) is 6.13. The third-order valence-electron chi connectivity index (χ3n) is 2.25. The second-order valence-corrected chi connectivity index (χ2v) is 5.10. The van der Waals surface area contributed by atoms with Gasteiger partial charge in [0.1, 0.15) is 5.75 Å². The highest BCUT2D eigenvalue weighted by Crippen LogP contribution is 2.41. The fraction of sp³-hybridized carbons (Fsp3) is 0. The lowest BCUT2D eigenvalue weighted by molar-refractivity contribution is 0.477. The lowest BCUT2D eigenvalue weighted by atomic mass is 10.0. The molecule has 0 radical (unpaired) electrons. The van der Waals surface area contributed by atoms with Crippen LogP contribution in [0.2, 0.25) is 20.1 Å². The minimum atomic E-state index is -0.0692. The van der Waals surface area contributed by atoms with Crippen LogP contribution in [0, 0.1) is 0 Å². The van der Waals surface area contributed by atoms with Gasteiger partial charge in [-0.1, -0.05) is 46.4 Å². The zero-order valence-corrected chi connectivity index (χ0v) is 11.4. The molecule has 0 heterocycles. The summed E-state index contributed by atoms with van der Waals surface area (Å²) < 4.78 is 0. The highest BCUT2D eigenvalue weighted by molar-refractivity contribution is 6.37. The summed E-state index contributed by atoms with van der Waals surface area (Å²) in [6, 6.07) is 8.00. The minimum Gasteiger partial charge on any atom is -0.506 e. The number of phenolic OH excluding ortho intramolecular Hbond substituents is 1. The Morgan fingerprint density at radius 3 is 2.06 bits per heavy atom. The van der Waals surface area contributed by atoms with Crippen molar-refractivity contribution in [2.24, 2.45) is 0 Å². The van der Waals surface area contributed by atoms with Gasteiger partial charge in [-0.3, -0.25) is 0 Å². The van der Waals surface area contributed by atoms with Crippen molar-refractivity contribution in [1.82, 2.24) is 0 Å². The van der Waals surface area contributed by atoms with Gasteiger partial charge in [-0.2, -0.15) is 0 Å². The molecule has 0 unspecified atom stereocenters. The Kier molecular flexibility index (Phi) is 3.74. The summed E-state index contributed by atoms with van der Waals surface area (Å²) in [5.41, 5.74) is 1.04. The minimum absolute atomic E-state index is 0.0692. The van der Waals surface area contributed by atoms with E-state index < -0.39 is 0 Å². The van der Waals surface area contributed by atoms with E-state index in [1.165, 1.54) is 6.07 Å². The van der Waals surface area contributed by atoms with E-state index in [-0.39, 0.29) is 10.8 Å². The zero-order valence-electron chi connectivity index (χ0n) is 8.35. The normalized spacial score (nSPS) is 10.6. The van der Waals surface area contributed by atoms with Gasteiger partial charge in [-0.25, -0.2) is 0 Å². The molecule has 88 valence electrons. The van der Waals surface area contributed by atoms with Crippen LogP contribution in [0.5, 0.6) is 5.75 Å². The predicted octanol–water partition coefficient (Wildman–Crippen LogP) is 5.67. The van der Waals surface area contributed by atoms with Gasteiger partial charge in [0.15, 0.2) is 0 Å². The molecule has 0 atom stereocenters. The summed E-state index contributed by atoms with van der Waals surface area (Å²) >= 11 is 23.7. The van der Waals surface area contributed by atoms with Gasteiger partial charge in [-0.15, -0.1) is 0 Å². The second kappa shape index (κ2) is 4.95. The SMILES string of the molecule is Oc1c(Cl)cc(Cl)cc1-c1cc(Cl)ccc1Cl. The Morgan fingerprint density at radius 1 is 0.706 bits per heavy atom. The molecule has 0 aliphatic rings.